The van der Waals surface area contributed by atoms with Gasteiger partial charge in [0.15, 0.2) is 5.78 Å². The van der Waals surface area contributed by atoms with Crippen molar-refractivity contribution in [2.24, 2.45) is 33.5 Å². The molecule has 3 saturated carbocycles. The number of allylic oxidation sites excluding steroid dienone is 4. The third kappa shape index (κ3) is 7.79. The number of rotatable bonds is 14. The van der Waals surface area contributed by atoms with Gasteiger partial charge in [-0.05, 0) is 96.6 Å². The van der Waals surface area contributed by atoms with Crippen molar-refractivity contribution in [1.29, 1.82) is 0 Å². The van der Waals surface area contributed by atoms with Crippen LogP contribution < -0.4 is 4.74 Å². The molecule has 9 unspecified atom stereocenters. The molecular weight excluding hydrogens is 804 g/mol. The zero-order valence-corrected chi connectivity index (χ0v) is 36.1. The average molecular weight is 862 g/mol. The molecule has 0 saturated heterocycles. The summed E-state index contributed by atoms with van der Waals surface area (Å²) in [6.07, 6.45) is 5.44. The van der Waals surface area contributed by atoms with Crippen molar-refractivity contribution >= 4 is 5.78 Å². The van der Waals surface area contributed by atoms with E-state index >= 15 is 4.79 Å². The molecule has 63 heavy (non-hydrogen) atoms. The topological polar surface area (TPSA) is 99.5 Å². The van der Waals surface area contributed by atoms with E-state index in [4.69, 9.17) is 4.74 Å². The lowest BCUT2D eigenvalue weighted by Crippen LogP contribution is -2.67. The van der Waals surface area contributed by atoms with Gasteiger partial charge in [-0.1, -0.05) is 129 Å². The van der Waals surface area contributed by atoms with Crippen LogP contribution in [0.1, 0.15) is 80.3 Å². The number of aliphatic hydroxyl groups is 3. The number of benzene rings is 4. The molecule has 0 heterocycles. The van der Waals surface area contributed by atoms with Gasteiger partial charge in [-0.15, -0.1) is 13.2 Å². The molecule has 4 aromatic carbocycles. The molecule has 3 fully saturated rings. The second-order valence-electron chi connectivity index (χ2n) is 19.6. The van der Waals surface area contributed by atoms with Crippen molar-refractivity contribution in [3.05, 3.63) is 150 Å². The summed E-state index contributed by atoms with van der Waals surface area (Å²) in [5, 5.41) is 35.8. The third-order valence-electron chi connectivity index (χ3n) is 16.1. The van der Waals surface area contributed by atoms with E-state index < -0.39 is 40.4 Å². The molecule has 0 aliphatic heterocycles. The highest BCUT2D eigenvalue weighted by atomic mass is 19.4. The van der Waals surface area contributed by atoms with Gasteiger partial charge >= 0.3 is 6.36 Å². The number of hydrogen-bond acceptors (Lipinski definition) is 7. The lowest BCUT2D eigenvalue weighted by molar-refractivity contribution is -0.274. The zero-order valence-electron chi connectivity index (χ0n) is 36.1. The number of nitrogens with zero attached hydrogens (tertiary/aromatic N) is 1. The van der Waals surface area contributed by atoms with Gasteiger partial charge in [-0.25, -0.2) is 0 Å². The Morgan fingerprint density at radius 2 is 1.43 bits per heavy atom. The quantitative estimate of drug-likeness (QED) is 0.0858. The number of carbonyl (C=O) groups excluding carboxylic acids is 1. The van der Waals surface area contributed by atoms with Crippen LogP contribution in [0.2, 0.25) is 0 Å². The number of ether oxygens (including phenoxy) is 2. The van der Waals surface area contributed by atoms with Gasteiger partial charge in [0.05, 0.1) is 31.0 Å². The summed E-state index contributed by atoms with van der Waals surface area (Å²) in [7, 11) is 0. The van der Waals surface area contributed by atoms with Gasteiger partial charge in [0, 0.05) is 47.0 Å². The van der Waals surface area contributed by atoms with E-state index in [0.717, 1.165) is 41.5 Å². The first-order valence-corrected chi connectivity index (χ1v) is 22.5. The van der Waals surface area contributed by atoms with Crippen molar-refractivity contribution in [3.8, 4) is 16.9 Å². The Kier molecular flexibility index (Phi) is 11.4. The Morgan fingerprint density at radius 3 is 2.13 bits per heavy atom. The van der Waals surface area contributed by atoms with Crippen LogP contribution in [0.3, 0.4) is 0 Å². The van der Waals surface area contributed by atoms with E-state index in [1.165, 1.54) is 12.1 Å². The number of aliphatic hydroxyl groups excluding tert-OH is 2. The third-order valence-corrected chi connectivity index (χ3v) is 16.1. The maximum Gasteiger partial charge on any atom is 0.573 e. The fourth-order valence-electron chi connectivity index (χ4n) is 13.0. The minimum absolute atomic E-state index is 0.0108. The van der Waals surface area contributed by atoms with E-state index in [9.17, 15) is 28.5 Å². The molecule has 10 heteroatoms. The van der Waals surface area contributed by atoms with Crippen molar-refractivity contribution in [1.82, 2.24) is 4.90 Å². The number of halogens is 3. The number of alkyl halides is 3. The molecule has 2 bridgehead atoms. The molecule has 0 radical (unpaired) electrons. The summed E-state index contributed by atoms with van der Waals surface area (Å²) in [5.41, 5.74) is 1.96. The highest BCUT2D eigenvalue weighted by Crippen LogP contribution is 2.78. The van der Waals surface area contributed by atoms with Gasteiger partial charge in [0.2, 0.25) is 0 Å². The van der Waals surface area contributed by atoms with Gasteiger partial charge in [-0.3, -0.25) is 9.69 Å². The number of carbonyl (C=O) groups is 1. The monoisotopic (exact) mass is 861 g/mol. The fourth-order valence-corrected chi connectivity index (χ4v) is 13.0. The molecule has 10 rings (SSSR count). The molecule has 0 aromatic heterocycles. The van der Waals surface area contributed by atoms with Gasteiger partial charge < -0.3 is 24.8 Å². The lowest BCUT2D eigenvalue weighted by atomic mass is 9.32. The Bertz CT molecular complexity index is 2340. The van der Waals surface area contributed by atoms with Crippen LogP contribution in [0.15, 0.2) is 133 Å². The molecule has 4 aromatic rings. The van der Waals surface area contributed by atoms with Crippen LogP contribution in [0.5, 0.6) is 5.75 Å². The SMILES string of the molecule is CC12CCC(O)CC13C=CC1(C(C(=O)c4ccc(-c5ccccc5)cc4)=C3)C2CCC2(C)C1CCC2(O)CN(Cc1ccc(OC(F)(F)F)cc1)CC(O)COCc1ccccc1. The minimum Gasteiger partial charge on any atom is -0.406 e. The smallest absolute Gasteiger partial charge is 0.406 e. The second-order valence-corrected chi connectivity index (χ2v) is 19.6. The maximum atomic E-state index is 15.2. The van der Waals surface area contributed by atoms with Crippen LogP contribution >= 0.6 is 0 Å². The number of ketones is 1. The average Bonchev–Trinajstić information content (AvgIpc) is 3.53. The number of hydrogen-bond donors (Lipinski definition) is 3. The molecule has 9 atom stereocenters. The Balaban J connectivity index is 1.03. The van der Waals surface area contributed by atoms with E-state index in [1.807, 2.05) is 77.7 Å². The van der Waals surface area contributed by atoms with Gasteiger partial charge in [-0.2, -0.15) is 0 Å². The standard InChI is InChI=1S/C53H58F3NO6/c1-48-24-21-41(58)29-50(48)27-28-52(44(30-50)47(60)40-17-15-39(16-18-40)38-11-7-4-8-12-38)45(48)22-25-49(2)46(52)23-26-51(49,61)35-57(31-36-13-19-43(20-14-36)63-53(54,55)56)32-42(59)34-62-33-37-9-5-3-6-10-37/h3-20,27-28,30,41-42,45-46,58-59,61H,21-26,29,31-35H2,1-2H3. The van der Waals surface area contributed by atoms with Crippen molar-refractivity contribution < 1.29 is 42.8 Å². The first-order valence-electron chi connectivity index (χ1n) is 22.5. The van der Waals surface area contributed by atoms with Crippen molar-refractivity contribution in [2.75, 3.05) is 19.7 Å². The minimum atomic E-state index is -4.82. The normalized spacial score (nSPS) is 32.4. The Labute approximate surface area is 368 Å². The van der Waals surface area contributed by atoms with Crippen LogP contribution in [0, 0.1) is 33.5 Å². The summed E-state index contributed by atoms with van der Waals surface area (Å²) in [5.74, 6) is -0.307. The summed E-state index contributed by atoms with van der Waals surface area (Å²) < 4.78 is 49.1. The van der Waals surface area contributed by atoms with Crippen LogP contribution in [-0.2, 0) is 17.9 Å². The lowest BCUT2D eigenvalue weighted by Gasteiger charge is -2.71. The second kappa shape index (κ2) is 16.4. The molecule has 0 amide bonds. The van der Waals surface area contributed by atoms with Crippen LogP contribution in [-0.4, -0.2) is 69.9 Å². The molecule has 2 spiro atoms. The van der Waals surface area contributed by atoms with Gasteiger partial charge in [0.25, 0.3) is 0 Å². The maximum absolute atomic E-state index is 15.2. The van der Waals surface area contributed by atoms with E-state index in [1.54, 1.807) is 12.1 Å². The molecule has 7 nitrogen and oxygen atoms in total. The number of fused-ring (bicyclic) bond motifs is 1. The Morgan fingerprint density at radius 1 is 0.794 bits per heavy atom. The van der Waals surface area contributed by atoms with Crippen molar-refractivity contribution in [2.45, 2.75) is 96.1 Å². The highest BCUT2D eigenvalue weighted by Gasteiger charge is 2.74. The molecule has 332 valence electrons. The Hall–Kier alpha value is -4.58. The summed E-state index contributed by atoms with van der Waals surface area (Å²) in [4.78, 5) is 17.2. The van der Waals surface area contributed by atoms with Crippen LogP contribution in [0.4, 0.5) is 13.2 Å². The summed E-state index contributed by atoms with van der Waals surface area (Å²) in [6, 6.07) is 33.4. The zero-order chi connectivity index (χ0) is 44.3. The van der Waals surface area contributed by atoms with Gasteiger partial charge in [0.1, 0.15) is 5.75 Å². The van der Waals surface area contributed by atoms with Crippen LogP contribution in [0.25, 0.3) is 11.1 Å². The van der Waals surface area contributed by atoms with E-state index in [2.05, 4.69) is 48.9 Å². The largest absolute Gasteiger partial charge is 0.573 e. The highest BCUT2D eigenvalue weighted by molar-refractivity contribution is 6.10. The summed E-state index contributed by atoms with van der Waals surface area (Å²) in [6.45, 7) is 5.53. The summed E-state index contributed by atoms with van der Waals surface area (Å²) >= 11 is 0. The van der Waals surface area contributed by atoms with Crippen molar-refractivity contribution in [3.63, 3.8) is 0 Å². The molecular formula is C53H58F3NO6. The predicted octanol–water partition coefficient (Wildman–Crippen LogP) is 10.1. The van der Waals surface area contributed by atoms with E-state index in [0.29, 0.717) is 43.4 Å². The predicted molar refractivity (Wildman–Crippen MR) is 235 cm³/mol. The number of Topliss-reactive ketones (excluding diaryl/α,β-unsaturated/α-hetero) is 1. The molecule has 6 aliphatic carbocycles. The molecule has 3 N–H and O–H groups in total. The first-order chi connectivity index (χ1) is 30.1. The molecule has 6 aliphatic rings. The first kappa shape index (κ1) is 43.7. The fraction of sp³-hybridized carbons (Fsp3) is 0.453. The van der Waals surface area contributed by atoms with E-state index in [-0.39, 0.29) is 55.0 Å².